The van der Waals surface area contributed by atoms with Crippen molar-refractivity contribution in [3.63, 3.8) is 0 Å². The van der Waals surface area contributed by atoms with E-state index in [4.69, 9.17) is 0 Å². The van der Waals surface area contributed by atoms with E-state index in [2.05, 4.69) is 11.8 Å². The van der Waals surface area contributed by atoms with Crippen LogP contribution < -0.4 is 9.03 Å². The minimum atomic E-state index is -4.16. The first kappa shape index (κ1) is 17.9. The predicted molar refractivity (Wildman–Crippen MR) is 91.0 cm³/mol. The molecule has 1 aromatic carbocycles. The number of halogens is 1. The van der Waals surface area contributed by atoms with Gasteiger partial charge < -0.3 is 10.0 Å². The zero-order valence-corrected chi connectivity index (χ0v) is 14.9. The van der Waals surface area contributed by atoms with E-state index < -0.39 is 39.9 Å². The number of amides is 1. The first-order valence-corrected chi connectivity index (χ1v) is 9.81. The molecular weight excluding hydrogens is 349 g/mol. The van der Waals surface area contributed by atoms with Crippen LogP contribution in [0.25, 0.3) is 0 Å². The molecule has 0 saturated carbocycles. The number of piperidine rings is 1. The summed E-state index contributed by atoms with van der Waals surface area (Å²) in [5, 5.41) is 10.2. The lowest BCUT2D eigenvalue weighted by Crippen LogP contribution is -2.36. The molecule has 2 saturated heterocycles. The third-order valence-electron chi connectivity index (χ3n) is 4.75. The van der Waals surface area contributed by atoms with Gasteiger partial charge in [-0.25, -0.2) is 13.4 Å². The van der Waals surface area contributed by atoms with E-state index in [0.717, 1.165) is 32.5 Å². The largest absolute Gasteiger partial charge is 0.506 e. The first-order valence-electron chi connectivity index (χ1n) is 8.37. The standard InChI is InChI=1S/C16H22FN3O4S/c1-2-19-5-3-4-11(9-19)6-12-7-13(17)16(14(21)8-12)20-10-15(22)18-25(20,23)24/h7-8,11,21H,2-6,9-10H2,1H3,(H,18,22). The number of carbonyl (C=O) groups excluding carboxylic acids is 1. The van der Waals surface area contributed by atoms with E-state index in [1.807, 2.05) is 0 Å². The number of carbonyl (C=O) groups is 1. The van der Waals surface area contributed by atoms with Gasteiger partial charge in [0.25, 0.3) is 5.91 Å². The van der Waals surface area contributed by atoms with Crippen molar-refractivity contribution in [3.05, 3.63) is 23.5 Å². The smallest absolute Gasteiger partial charge is 0.326 e. The van der Waals surface area contributed by atoms with Crippen molar-refractivity contribution in [2.45, 2.75) is 26.2 Å². The summed E-state index contributed by atoms with van der Waals surface area (Å²) in [6, 6.07) is 2.64. The summed E-state index contributed by atoms with van der Waals surface area (Å²) in [5.74, 6) is -1.71. The lowest BCUT2D eigenvalue weighted by atomic mass is 9.91. The number of aromatic hydroxyl groups is 1. The van der Waals surface area contributed by atoms with E-state index >= 15 is 0 Å². The highest BCUT2D eigenvalue weighted by Gasteiger charge is 2.37. The summed E-state index contributed by atoms with van der Waals surface area (Å²) in [5.41, 5.74) is 0.138. The monoisotopic (exact) mass is 371 g/mol. The molecule has 138 valence electrons. The molecular formula is C16H22FN3O4S. The molecule has 2 fully saturated rings. The molecule has 0 spiro atoms. The number of anilines is 1. The second-order valence-electron chi connectivity index (χ2n) is 6.59. The quantitative estimate of drug-likeness (QED) is 0.824. The molecule has 2 heterocycles. The predicted octanol–water partition coefficient (Wildman–Crippen LogP) is 0.987. The fourth-order valence-corrected chi connectivity index (χ4v) is 4.76. The van der Waals surface area contributed by atoms with Crippen LogP contribution in [-0.4, -0.2) is 50.5 Å². The van der Waals surface area contributed by atoms with Crippen molar-refractivity contribution in [1.29, 1.82) is 0 Å². The van der Waals surface area contributed by atoms with E-state index in [9.17, 15) is 22.7 Å². The van der Waals surface area contributed by atoms with Crippen LogP contribution in [0.15, 0.2) is 12.1 Å². The van der Waals surface area contributed by atoms with Crippen molar-refractivity contribution in [2.75, 3.05) is 30.5 Å². The molecule has 0 bridgehead atoms. The highest BCUT2D eigenvalue weighted by Crippen LogP contribution is 2.35. The maximum absolute atomic E-state index is 14.5. The molecule has 0 radical (unpaired) electrons. The minimum absolute atomic E-state index is 0.372. The third-order valence-corrected chi connectivity index (χ3v) is 6.12. The molecule has 1 atom stereocenters. The van der Waals surface area contributed by atoms with Gasteiger partial charge in [0.2, 0.25) is 0 Å². The molecule has 25 heavy (non-hydrogen) atoms. The fourth-order valence-electron chi connectivity index (χ4n) is 3.59. The van der Waals surface area contributed by atoms with E-state index in [1.54, 1.807) is 4.72 Å². The Hall–Kier alpha value is -1.87. The van der Waals surface area contributed by atoms with Gasteiger partial charge in [0.05, 0.1) is 0 Å². The Kier molecular flexibility index (Phi) is 4.88. The van der Waals surface area contributed by atoms with Gasteiger partial charge in [-0.2, -0.15) is 8.42 Å². The molecule has 2 N–H and O–H groups in total. The summed E-state index contributed by atoms with van der Waals surface area (Å²) in [6.45, 7) is 4.54. The lowest BCUT2D eigenvalue weighted by molar-refractivity contribution is -0.117. The number of nitrogens with one attached hydrogen (secondary N) is 1. The summed E-state index contributed by atoms with van der Waals surface area (Å²) in [7, 11) is -4.16. The Morgan fingerprint density at radius 3 is 2.76 bits per heavy atom. The van der Waals surface area contributed by atoms with Gasteiger partial charge in [-0.05, 0) is 56.0 Å². The van der Waals surface area contributed by atoms with Crippen molar-refractivity contribution in [2.24, 2.45) is 5.92 Å². The average Bonchev–Trinajstić information content (AvgIpc) is 2.79. The first-order chi connectivity index (χ1) is 11.8. The summed E-state index contributed by atoms with van der Waals surface area (Å²) < 4.78 is 40.6. The van der Waals surface area contributed by atoms with Gasteiger partial charge in [0.15, 0.2) is 5.82 Å². The second-order valence-corrected chi connectivity index (χ2v) is 8.18. The van der Waals surface area contributed by atoms with Crippen LogP contribution in [0.5, 0.6) is 5.75 Å². The summed E-state index contributed by atoms with van der Waals surface area (Å²) >= 11 is 0. The van der Waals surface area contributed by atoms with Crippen LogP contribution in [0.2, 0.25) is 0 Å². The van der Waals surface area contributed by atoms with Crippen LogP contribution in [0.4, 0.5) is 10.1 Å². The van der Waals surface area contributed by atoms with Crippen LogP contribution in [0.3, 0.4) is 0 Å². The number of benzene rings is 1. The Bertz CT molecular complexity index is 761. The highest BCUT2D eigenvalue weighted by molar-refractivity contribution is 7.92. The average molecular weight is 371 g/mol. The molecule has 2 aliphatic rings. The number of rotatable bonds is 4. The van der Waals surface area contributed by atoms with Gasteiger partial charge in [-0.15, -0.1) is 0 Å². The van der Waals surface area contributed by atoms with E-state index in [1.165, 1.54) is 12.1 Å². The molecule has 9 heteroatoms. The molecule has 0 aliphatic carbocycles. The zero-order chi connectivity index (χ0) is 18.2. The zero-order valence-electron chi connectivity index (χ0n) is 14.0. The number of likely N-dealkylation sites (tertiary alicyclic amines) is 1. The number of hydrogen-bond acceptors (Lipinski definition) is 5. The number of hydrogen-bond donors (Lipinski definition) is 2. The van der Waals surface area contributed by atoms with E-state index in [0.29, 0.717) is 22.2 Å². The molecule has 1 aromatic rings. The highest BCUT2D eigenvalue weighted by atomic mass is 32.2. The van der Waals surface area contributed by atoms with Gasteiger partial charge in [0, 0.05) is 6.54 Å². The number of nitrogens with zero attached hydrogens (tertiary/aromatic N) is 2. The van der Waals surface area contributed by atoms with Crippen LogP contribution >= 0.6 is 0 Å². The number of phenolic OH excluding ortho intramolecular Hbond substituents is 1. The number of phenols is 1. The molecule has 1 amide bonds. The molecule has 1 unspecified atom stereocenters. The van der Waals surface area contributed by atoms with Crippen LogP contribution in [0, 0.1) is 11.7 Å². The molecule has 0 aromatic heterocycles. The van der Waals surface area contributed by atoms with Crippen molar-refractivity contribution in [1.82, 2.24) is 9.62 Å². The third kappa shape index (κ3) is 3.72. The Morgan fingerprint density at radius 1 is 1.40 bits per heavy atom. The SMILES string of the molecule is CCN1CCCC(Cc2cc(O)c(N3CC(=O)NS3(=O)=O)c(F)c2)C1. The van der Waals surface area contributed by atoms with Crippen LogP contribution in [0.1, 0.15) is 25.3 Å². The maximum atomic E-state index is 14.5. The minimum Gasteiger partial charge on any atom is -0.506 e. The second kappa shape index (κ2) is 6.80. The maximum Gasteiger partial charge on any atom is 0.326 e. The van der Waals surface area contributed by atoms with Crippen molar-refractivity contribution in [3.8, 4) is 5.75 Å². The summed E-state index contributed by atoms with van der Waals surface area (Å²) in [4.78, 5) is 13.7. The molecule has 7 nitrogen and oxygen atoms in total. The molecule has 2 aliphatic heterocycles. The van der Waals surface area contributed by atoms with Crippen molar-refractivity contribution < 1.29 is 22.7 Å². The molecule has 3 rings (SSSR count). The Morgan fingerprint density at radius 2 is 2.16 bits per heavy atom. The Labute approximate surface area is 146 Å². The van der Waals surface area contributed by atoms with Gasteiger partial charge >= 0.3 is 10.2 Å². The van der Waals surface area contributed by atoms with Crippen LogP contribution in [-0.2, 0) is 21.4 Å². The van der Waals surface area contributed by atoms with Gasteiger partial charge in [-0.1, -0.05) is 6.92 Å². The lowest BCUT2D eigenvalue weighted by Gasteiger charge is -2.32. The topological polar surface area (TPSA) is 89.9 Å². The van der Waals surface area contributed by atoms with Gasteiger partial charge in [0.1, 0.15) is 18.0 Å². The Balaban J connectivity index is 1.82. The van der Waals surface area contributed by atoms with Crippen molar-refractivity contribution >= 4 is 21.8 Å². The fraction of sp³-hybridized carbons (Fsp3) is 0.562. The normalized spacial score (nSPS) is 23.7. The van der Waals surface area contributed by atoms with E-state index in [-0.39, 0.29) is 0 Å². The van der Waals surface area contributed by atoms with Gasteiger partial charge in [-0.3, -0.25) is 4.79 Å². The summed E-state index contributed by atoms with van der Waals surface area (Å²) in [6.07, 6.45) is 2.75.